The predicted octanol–water partition coefficient (Wildman–Crippen LogP) is 3.80. The van der Waals surface area contributed by atoms with Crippen molar-refractivity contribution in [2.24, 2.45) is 0 Å². The lowest BCUT2D eigenvalue weighted by Crippen LogP contribution is -2.55. The highest BCUT2D eigenvalue weighted by atomic mass is 19.4. The van der Waals surface area contributed by atoms with Crippen molar-refractivity contribution < 1.29 is 36.3 Å². The number of anilines is 2. The number of likely N-dealkylation sites (tertiary alicyclic amines) is 1. The van der Waals surface area contributed by atoms with Gasteiger partial charge in [-0.05, 0) is 37.1 Å². The summed E-state index contributed by atoms with van der Waals surface area (Å²) in [5, 5.41) is 5.10. The number of amides is 2. The van der Waals surface area contributed by atoms with E-state index >= 15 is 0 Å². The molecule has 2 amide bonds. The Bertz CT molecular complexity index is 1060. The summed E-state index contributed by atoms with van der Waals surface area (Å²) >= 11 is 0. The summed E-state index contributed by atoms with van der Waals surface area (Å²) in [4.78, 5) is 33.4. The number of aromatic nitrogens is 2. The van der Waals surface area contributed by atoms with E-state index in [1.54, 1.807) is 6.92 Å². The Morgan fingerprint density at radius 2 is 2.00 bits per heavy atom. The Hall–Kier alpha value is -3.51. The maximum absolute atomic E-state index is 14.1. The van der Waals surface area contributed by atoms with Crippen molar-refractivity contribution in [1.29, 1.82) is 0 Å². The largest absolute Gasteiger partial charge is 0.573 e. The SMILES string of the molecule is CC(=O)NC[C@H]1CCC(F)(F)CN1C(=O)c1nc(Nc2ncccc2OC(F)(F)F)ccc1C. The summed E-state index contributed by atoms with van der Waals surface area (Å²) in [6.45, 7) is 1.98. The number of ether oxygens (including phenoxy) is 1. The summed E-state index contributed by atoms with van der Waals surface area (Å²) in [6.07, 6.45) is -4.18. The number of pyridine rings is 2. The molecule has 8 nitrogen and oxygen atoms in total. The number of carbonyl (C=O) groups excluding carboxylic acids is 2. The number of nitrogens with one attached hydrogen (secondary N) is 2. The zero-order valence-electron chi connectivity index (χ0n) is 18.2. The van der Waals surface area contributed by atoms with E-state index in [0.29, 0.717) is 5.56 Å². The molecule has 1 atom stereocenters. The summed E-state index contributed by atoms with van der Waals surface area (Å²) in [6, 6.07) is 4.50. The van der Waals surface area contributed by atoms with Gasteiger partial charge in [0, 0.05) is 32.1 Å². The van der Waals surface area contributed by atoms with Crippen LogP contribution in [0.2, 0.25) is 0 Å². The molecule has 184 valence electrons. The van der Waals surface area contributed by atoms with Gasteiger partial charge in [-0.2, -0.15) is 0 Å². The van der Waals surface area contributed by atoms with E-state index < -0.39 is 42.9 Å². The van der Waals surface area contributed by atoms with E-state index in [0.717, 1.165) is 11.0 Å². The lowest BCUT2D eigenvalue weighted by Gasteiger charge is -2.39. The molecule has 2 N–H and O–H groups in total. The molecule has 34 heavy (non-hydrogen) atoms. The van der Waals surface area contributed by atoms with Crippen LogP contribution in [0, 0.1) is 6.92 Å². The van der Waals surface area contributed by atoms with Gasteiger partial charge < -0.3 is 20.3 Å². The van der Waals surface area contributed by atoms with Gasteiger partial charge in [0.25, 0.3) is 11.8 Å². The molecule has 1 aliphatic rings. The van der Waals surface area contributed by atoms with Gasteiger partial charge in [0.15, 0.2) is 11.6 Å². The maximum Gasteiger partial charge on any atom is 0.573 e. The molecule has 3 rings (SSSR count). The molecule has 0 bridgehead atoms. The summed E-state index contributed by atoms with van der Waals surface area (Å²) in [5.41, 5.74) is 0.209. The van der Waals surface area contributed by atoms with Gasteiger partial charge >= 0.3 is 6.36 Å². The van der Waals surface area contributed by atoms with Crippen LogP contribution < -0.4 is 15.4 Å². The van der Waals surface area contributed by atoms with Gasteiger partial charge in [-0.3, -0.25) is 9.59 Å². The van der Waals surface area contributed by atoms with Gasteiger partial charge in [-0.15, -0.1) is 13.2 Å². The molecule has 0 radical (unpaired) electrons. The van der Waals surface area contributed by atoms with Crippen molar-refractivity contribution in [3.8, 4) is 5.75 Å². The second kappa shape index (κ2) is 9.77. The van der Waals surface area contributed by atoms with Crippen LogP contribution in [-0.4, -0.2) is 58.1 Å². The Labute approximate surface area is 191 Å². The molecule has 2 aromatic rings. The molecule has 0 saturated carbocycles. The molecule has 0 aliphatic carbocycles. The molecule has 0 spiro atoms. The summed E-state index contributed by atoms with van der Waals surface area (Å²) in [7, 11) is 0. The fourth-order valence-corrected chi connectivity index (χ4v) is 3.47. The number of rotatable bonds is 6. The van der Waals surface area contributed by atoms with Crippen LogP contribution in [0.1, 0.15) is 35.8 Å². The number of hydrogen-bond donors (Lipinski definition) is 2. The number of aryl methyl sites for hydroxylation is 1. The highest BCUT2D eigenvalue weighted by Crippen LogP contribution is 2.32. The van der Waals surface area contributed by atoms with Crippen molar-refractivity contribution in [3.63, 3.8) is 0 Å². The Kier molecular flexibility index (Phi) is 7.22. The third-order valence-electron chi connectivity index (χ3n) is 5.08. The molecule has 1 saturated heterocycles. The normalized spacial score (nSPS) is 17.7. The topological polar surface area (TPSA) is 96.5 Å². The maximum atomic E-state index is 14.1. The van der Waals surface area contributed by atoms with E-state index in [1.807, 2.05) is 0 Å². The Morgan fingerprint density at radius 1 is 1.26 bits per heavy atom. The van der Waals surface area contributed by atoms with E-state index in [2.05, 4.69) is 25.3 Å². The first-order valence-corrected chi connectivity index (χ1v) is 10.2. The predicted molar refractivity (Wildman–Crippen MR) is 111 cm³/mol. The highest BCUT2D eigenvalue weighted by Gasteiger charge is 2.43. The van der Waals surface area contributed by atoms with Crippen molar-refractivity contribution in [2.45, 2.75) is 45.0 Å². The van der Waals surface area contributed by atoms with E-state index in [9.17, 15) is 31.5 Å². The minimum absolute atomic E-state index is 0.000216. The molecule has 1 fully saturated rings. The van der Waals surface area contributed by atoms with Crippen LogP contribution in [0.5, 0.6) is 5.75 Å². The Morgan fingerprint density at radius 3 is 2.68 bits per heavy atom. The van der Waals surface area contributed by atoms with Crippen molar-refractivity contribution >= 4 is 23.5 Å². The number of halogens is 5. The van der Waals surface area contributed by atoms with Gasteiger partial charge in [0.1, 0.15) is 11.5 Å². The third kappa shape index (κ3) is 6.51. The average molecular weight is 487 g/mol. The minimum Gasteiger partial charge on any atom is -0.402 e. The fourth-order valence-electron chi connectivity index (χ4n) is 3.47. The van der Waals surface area contributed by atoms with Gasteiger partial charge in [0.2, 0.25) is 5.91 Å². The zero-order valence-corrected chi connectivity index (χ0v) is 18.2. The lowest BCUT2D eigenvalue weighted by atomic mass is 9.98. The fraction of sp³-hybridized carbons (Fsp3) is 0.429. The number of nitrogens with zero attached hydrogens (tertiary/aromatic N) is 3. The minimum atomic E-state index is -4.95. The Balaban J connectivity index is 1.88. The number of alkyl halides is 5. The molecule has 2 aromatic heterocycles. The molecule has 0 unspecified atom stereocenters. The molecular weight excluding hydrogens is 465 g/mol. The molecule has 1 aliphatic heterocycles. The molecule has 3 heterocycles. The van der Waals surface area contributed by atoms with Gasteiger partial charge in [-0.1, -0.05) is 6.07 Å². The first-order valence-electron chi connectivity index (χ1n) is 10.2. The van der Waals surface area contributed by atoms with Crippen LogP contribution in [0.3, 0.4) is 0 Å². The first-order chi connectivity index (χ1) is 15.8. The van der Waals surface area contributed by atoms with Crippen LogP contribution in [0.15, 0.2) is 30.5 Å². The van der Waals surface area contributed by atoms with E-state index in [4.69, 9.17) is 0 Å². The number of hydrogen-bond acceptors (Lipinski definition) is 6. The highest BCUT2D eigenvalue weighted by molar-refractivity contribution is 5.94. The quantitative estimate of drug-likeness (QED) is 0.602. The third-order valence-corrected chi connectivity index (χ3v) is 5.08. The second-order valence-electron chi connectivity index (χ2n) is 7.80. The summed E-state index contributed by atoms with van der Waals surface area (Å²) < 4.78 is 70.2. The first kappa shape index (κ1) is 25.1. The van der Waals surface area contributed by atoms with Gasteiger partial charge in [0.05, 0.1) is 6.54 Å². The monoisotopic (exact) mass is 487 g/mol. The second-order valence-corrected chi connectivity index (χ2v) is 7.80. The molecule has 13 heteroatoms. The zero-order chi connectivity index (χ0) is 25.1. The van der Waals surface area contributed by atoms with Crippen LogP contribution in [0.25, 0.3) is 0 Å². The van der Waals surface area contributed by atoms with E-state index in [-0.39, 0.29) is 36.2 Å². The number of piperidine rings is 1. The molecular formula is C21H22F5N5O3. The van der Waals surface area contributed by atoms with Crippen molar-refractivity contribution in [3.05, 3.63) is 41.7 Å². The van der Waals surface area contributed by atoms with E-state index in [1.165, 1.54) is 31.3 Å². The van der Waals surface area contributed by atoms with Crippen molar-refractivity contribution in [2.75, 3.05) is 18.4 Å². The van der Waals surface area contributed by atoms with Crippen molar-refractivity contribution in [1.82, 2.24) is 20.2 Å². The number of carbonyl (C=O) groups is 2. The standard InChI is InChI=1S/C21H22F5N5O3/c1-12-5-6-16(30-18-15(4-3-9-27-18)34-21(24,25)26)29-17(12)19(33)31-11-20(22,23)8-7-14(31)10-28-13(2)32/h3-6,9,14H,7-8,10-11H2,1-2H3,(H,28,32)(H,27,29,30)/t14-/m1/s1. The van der Waals surface area contributed by atoms with Crippen LogP contribution >= 0.6 is 0 Å². The van der Waals surface area contributed by atoms with Crippen LogP contribution in [-0.2, 0) is 4.79 Å². The van der Waals surface area contributed by atoms with Crippen LogP contribution in [0.4, 0.5) is 33.6 Å². The summed E-state index contributed by atoms with van der Waals surface area (Å²) in [5.74, 6) is -5.22. The van der Waals surface area contributed by atoms with Gasteiger partial charge in [-0.25, -0.2) is 18.7 Å². The lowest BCUT2D eigenvalue weighted by molar-refractivity contribution is -0.274. The smallest absolute Gasteiger partial charge is 0.402 e. The average Bonchev–Trinajstić information content (AvgIpc) is 2.73. The molecule has 0 aromatic carbocycles.